The molecule has 0 fully saturated rings. The predicted molar refractivity (Wildman–Crippen MR) is 62.7 cm³/mol. The highest BCUT2D eigenvalue weighted by molar-refractivity contribution is 8.00. The first-order valence-electron chi connectivity index (χ1n) is 5.08. The Balaban J connectivity index is 2.91. The number of thioether (sulfide) groups is 1. The maximum atomic E-state index is 9.81. The standard InChI is InChI=1S/C12H18OS/c1-4-11(13)10-7-5-6-8-12(10)14-9(2)3/h5-9,11,13H,4H2,1-3H3/t11-/m1/s1. The van der Waals surface area contributed by atoms with Crippen molar-refractivity contribution in [3.05, 3.63) is 29.8 Å². The van der Waals surface area contributed by atoms with E-state index in [2.05, 4.69) is 19.9 Å². The SMILES string of the molecule is CC[C@@H](O)c1ccccc1SC(C)C. The maximum Gasteiger partial charge on any atom is 0.0798 e. The van der Waals surface area contributed by atoms with E-state index >= 15 is 0 Å². The van der Waals surface area contributed by atoms with Gasteiger partial charge in [0.1, 0.15) is 0 Å². The van der Waals surface area contributed by atoms with E-state index in [1.165, 1.54) is 4.90 Å². The van der Waals surface area contributed by atoms with E-state index in [1.54, 1.807) is 0 Å². The molecule has 0 radical (unpaired) electrons. The number of hydrogen-bond acceptors (Lipinski definition) is 2. The van der Waals surface area contributed by atoms with Gasteiger partial charge in [0.15, 0.2) is 0 Å². The van der Waals surface area contributed by atoms with Crippen LogP contribution >= 0.6 is 11.8 Å². The lowest BCUT2D eigenvalue weighted by Crippen LogP contribution is -1.98. The van der Waals surface area contributed by atoms with Crippen LogP contribution in [-0.2, 0) is 0 Å². The minimum atomic E-state index is -0.322. The molecule has 14 heavy (non-hydrogen) atoms. The molecule has 1 aromatic carbocycles. The van der Waals surface area contributed by atoms with Crippen molar-refractivity contribution in [3.8, 4) is 0 Å². The predicted octanol–water partition coefficient (Wildman–Crippen LogP) is 3.63. The summed E-state index contributed by atoms with van der Waals surface area (Å²) >= 11 is 1.81. The van der Waals surface area contributed by atoms with E-state index in [4.69, 9.17) is 0 Å². The molecular weight excluding hydrogens is 192 g/mol. The molecule has 0 unspecified atom stereocenters. The van der Waals surface area contributed by atoms with E-state index in [0.717, 1.165) is 12.0 Å². The topological polar surface area (TPSA) is 20.2 Å². The second kappa shape index (κ2) is 5.42. The molecule has 1 aromatic rings. The number of hydrogen-bond donors (Lipinski definition) is 1. The van der Waals surface area contributed by atoms with E-state index < -0.39 is 0 Å². The molecule has 0 saturated heterocycles. The van der Waals surface area contributed by atoms with Crippen molar-refractivity contribution in [2.45, 2.75) is 43.4 Å². The summed E-state index contributed by atoms with van der Waals surface area (Å²) in [6.07, 6.45) is 0.452. The first-order valence-corrected chi connectivity index (χ1v) is 5.96. The highest BCUT2D eigenvalue weighted by Crippen LogP contribution is 2.31. The van der Waals surface area contributed by atoms with Crippen molar-refractivity contribution >= 4 is 11.8 Å². The van der Waals surface area contributed by atoms with Gasteiger partial charge >= 0.3 is 0 Å². The number of rotatable bonds is 4. The van der Waals surface area contributed by atoms with Crippen molar-refractivity contribution in [1.29, 1.82) is 0 Å². The molecule has 0 heterocycles. The molecule has 0 aliphatic rings. The lowest BCUT2D eigenvalue weighted by Gasteiger charge is -2.14. The van der Waals surface area contributed by atoms with Gasteiger partial charge in [-0.05, 0) is 18.1 Å². The van der Waals surface area contributed by atoms with Gasteiger partial charge in [-0.25, -0.2) is 0 Å². The van der Waals surface area contributed by atoms with Crippen molar-refractivity contribution < 1.29 is 5.11 Å². The normalized spacial score (nSPS) is 13.2. The number of aliphatic hydroxyl groups excluding tert-OH is 1. The largest absolute Gasteiger partial charge is 0.388 e. The summed E-state index contributed by atoms with van der Waals surface area (Å²) in [5.74, 6) is 0. The Morgan fingerprint density at radius 3 is 2.50 bits per heavy atom. The highest BCUT2D eigenvalue weighted by Gasteiger charge is 2.10. The van der Waals surface area contributed by atoms with Gasteiger partial charge in [-0.1, -0.05) is 39.0 Å². The Morgan fingerprint density at radius 2 is 1.93 bits per heavy atom. The Labute approximate surface area is 90.5 Å². The lowest BCUT2D eigenvalue weighted by atomic mass is 10.1. The summed E-state index contributed by atoms with van der Waals surface area (Å²) in [5.41, 5.74) is 1.06. The summed E-state index contributed by atoms with van der Waals surface area (Å²) in [6, 6.07) is 8.10. The van der Waals surface area contributed by atoms with E-state index in [0.29, 0.717) is 5.25 Å². The summed E-state index contributed by atoms with van der Waals surface area (Å²) in [6.45, 7) is 6.33. The van der Waals surface area contributed by atoms with Gasteiger partial charge in [0, 0.05) is 10.1 Å². The molecule has 78 valence electrons. The molecule has 2 heteroatoms. The first-order chi connectivity index (χ1) is 6.65. The Bertz CT molecular complexity index is 283. The second-order valence-corrected chi connectivity index (χ2v) is 5.25. The van der Waals surface area contributed by atoms with Crippen LogP contribution in [0.4, 0.5) is 0 Å². The summed E-state index contributed by atoms with van der Waals surface area (Å²) in [4.78, 5) is 1.21. The van der Waals surface area contributed by atoms with Crippen LogP contribution in [0.2, 0.25) is 0 Å². The average molecular weight is 210 g/mol. The summed E-state index contributed by atoms with van der Waals surface area (Å²) in [5, 5.41) is 10.4. The van der Waals surface area contributed by atoms with Crippen LogP contribution in [0, 0.1) is 0 Å². The van der Waals surface area contributed by atoms with Gasteiger partial charge in [-0.2, -0.15) is 0 Å². The third kappa shape index (κ3) is 3.03. The minimum Gasteiger partial charge on any atom is -0.388 e. The van der Waals surface area contributed by atoms with Crippen molar-refractivity contribution in [2.75, 3.05) is 0 Å². The van der Waals surface area contributed by atoms with Crippen molar-refractivity contribution in [1.82, 2.24) is 0 Å². The molecule has 1 nitrogen and oxygen atoms in total. The summed E-state index contributed by atoms with van der Waals surface area (Å²) in [7, 11) is 0. The van der Waals surface area contributed by atoms with Crippen LogP contribution in [-0.4, -0.2) is 10.4 Å². The van der Waals surface area contributed by atoms with E-state index in [1.807, 2.05) is 36.9 Å². The second-order valence-electron chi connectivity index (χ2n) is 3.63. The first kappa shape index (κ1) is 11.6. The van der Waals surface area contributed by atoms with Crippen molar-refractivity contribution in [2.24, 2.45) is 0 Å². The number of benzene rings is 1. The number of aliphatic hydroxyl groups is 1. The van der Waals surface area contributed by atoms with Gasteiger partial charge in [-0.3, -0.25) is 0 Å². The molecule has 0 amide bonds. The molecule has 0 bridgehead atoms. The zero-order chi connectivity index (χ0) is 10.6. The third-order valence-corrected chi connectivity index (χ3v) is 3.12. The Morgan fingerprint density at radius 1 is 1.29 bits per heavy atom. The molecular formula is C12H18OS. The van der Waals surface area contributed by atoms with Gasteiger partial charge in [-0.15, -0.1) is 11.8 Å². The Kier molecular flexibility index (Phi) is 4.49. The zero-order valence-corrected chi connectivity index (χ0v) is 9.84. The molecule has 1 rings (SSSR count). The molecule has 0 saturated carbocycles. The molecule has 0 aliphatic heterocycles. The average Bonchev–Trinajstić information content (AvgIpc) is 2.16. The van der Waals surface area contributed by atoms with Crippen LogP contribution in [0.15, 0.2) is 29.2 Å². The minimum absolute atomic E-state index is 0.322. The maximum absolute atomic E-state index is 9.81. The molecule has 0 aromatic heterocycles. The van der Waals surface area contributed by atoms with Gasteiger partial charge in [0.2, 0.25) is 0 Å². The fourth-order valence-electron chi connectivity index (χ4n) is 1.34. The molecule has 0 aliphatic carbocycles. The highest BCUT2D eigenvalue weighted by atomic mass is 32.2. The molecule has 1 N–H and O–H groups in total. The van der Waals surface area contributed by atoms with E-state index in [9.17, 15) is 5.11 Å². The van der Waals surface area contributed by atoms with Crippen LogP contribution in [0.1, 0.15) is 38.9 Å². The van der Waals surface area contributed by atoms with Crippen LogP contribution in [0.3, 0.4) is 0 Å². The quantitative estimate of drug-likeness (QED) is 0.766. The van der Waals surface area contributed by atoms with Crippen LogP contribution in [0.5, 0.6) is 0 Å². The van der Waals surface area contributed by atoms with Gasteiger partial charge in [0.25, 0.3) is 0 Å². The van der Waals surface area contributed by atoms with E-state index in [-0.39, 0.29) is 6.10 Å². The zero-order valence-electron chi connectivity index (χ0n) is 9.03. The third-order valence-electron chi connectivity index (χ3n) is 2.03. The molecule has 0 spiro atoms. The van der Waals surface area contributed by atoms with Crippen LogP contribution < -0.4 is 0 Å². The fourth-order valence-corrected chi connectivity index (χ4v) is 2.34. The van der Waals surface area contributed by atoms with Crippen LogP contribution in [0.25, 0.3) is 0 Å². The fraction of sp³-hybridized carbons (Fsp3) is 0.500. The lowest BCUT2D eigenvalue weighted by molar-refractivity contribution is 0.171. The van der Waals surface area contributed by atoms with Gasteiger partial charge in [0.05, 0.1) is 6.10 Å². The Hall–Kier alpha value is -0.470. The van der Waals surface area contributed by atoms with Gasteiger partial charge < -0.3 is 5.11 Å². The monoisotopic (exact) mass is 210 g/mol. The summed E-state index contributed by atoms with van der Waals surface area (Å²) < 4.78 is 0. The smallest absolute Gasteiger partial charge is 0.0798 e. The molecule has 1 atom stereocenters. The van der Waals surface area contributed by atoms with Crippen molar-refractivity contribution in [3.63, 3.8) is 0 Å².